The molecule has 6 aromatic rings. The molecule has 1 atom stereocenters. The molecule has 0 aliphatic rings. The number of benzene rings is 2. The Morgan fingerprint density at radius 1 is 1.05 bits per heavy atom. The van der Waals surface area contributed by atoms with E-state index >= 15 is 0 Å². The number of fused-ring (bicyclic) bond motifs is 1. The van der Waals surface area contributed by atoms with Crippen LogP contribution in [0.1, 0.15) is 17.6 Å². The second-order valence-corrected chi connectivity index (χ2v) is 10.1. The van der Waals surface area contributed by atoms with E-state index < -0.39 is 6.04 Å². The molecule has 38 heavy (non-hydrogen) atoms. The molecule has 9 heteroatoms. The molecule has 0 saturated carbocycles. The fourth-order valence-electron chi connectivity index (χ4n) is 4.60. The van der Waals surface area contributed by atoms with Crippen molar-refractivity contribution >= 4 is 46.2 Å². The monoisotopic (exact) mass is 539 g/mol. The molecule has 188 valence electrons. The van der Waals surface area contributed by atoms with Gasteiger partial charge in [0.1, 0.15) is 17.4 Å². The third-order valence-corrected chi connectivity index (χ3v) is 7.57. The smallest absolute Gasteiger partial charge is 0.217 e. The van der Waals surface area contributed by atoms with Gasteiger partial charge in [0, 0.05) is 48.0 Å². The lowest BCUT2D eigenvalue weighted by molar-refractivity contribution is -0.108. The predicted molar refractivity (Wildman–Crippen MR) is 150 cm³/mol. The minimum Gasteiger partial charge on any atom is -0.440 e. The van der Waals surface area contributed by atoms with Gasteiger partial charge < -0.3 is 8.98 Å². The summed E-state index contributed by atoms with van der Waals surface area (Å²) < 4.78 is 8.09. The van der Waals surface area contributed by atoms with Crippen LogP contribution in [0.5, 0.6) is 0 Å². The van der Waals surface area contributed by atoms with Gasteiger partial charge in [0.15, 0.2) is 0 Å². The number of anilines is 1. The van der Waals surface area contributed by atoms with Crippen LogP contribution in [0.4, 0.5) is 5.88 Å². The number of rotatable bonds is 8. The van der Waals surface area contributed by atoms with E-state index in [0.717, 1.165) is 39.2 Å². The standard InChI is InChI=1S/C29H22ClN5O2S/c1-34-25(19-5-7-20(8-6-19)27-16-31-17-38-27)15-33-29(34)24(14-23-4-2-3-11-32-23)35(18-36)28-13-21-12-22(30)9-10-26(21)37-28/h2-13,15-18,24H,14H2,1H3/t24-/m0/s1. The number of hydrogen-bond donors (Lipinski definition) is 0. The number of carbonyl (C=O) groups is 1. The minimum absolute atomic E-state index is 0.414. The molecule has 0 fully saturated rings. The van der Waals surface area contributed by atoms with Gasteiger partial charge in [-0.25, -0.2) is 4.98 Å². The Hall–Kier alpha value is -4.27. The maximum absolute atomic E-state index is 12.6. The summed E-state index contributed by atoms with van der Waals surface area (Å²) in [5, 5.41) is 1.42. The van der Waals surface area contributed by atoms with Crippen molar-refractivity contribution in [2.24, 2.45) is 7.05 Å². The van der Waals surface area contributed by atoms with Crippen molar-refractivity contribution in [1.29, 1.82) is 0 Å². The zero-order valence-electron chi connectivity index (χ0n) is 20.4. The predicted octanol–water partition coefficient (Wildman–Crippen LogP) is 6.95. The molecule has 0 aliphatic heterocycles. The second-order valence-electron chi connectivity index (χ2n) is 8.82. The SMILES string of the molecule is Cn1c(-c2ccc(-c3cncs3)cc2)cnc1[C@H](Cc1ccccn1)N(C=O)c1cc2cc(Cl)ccc2o1. The molecule has 4 heterocycles. The van der Waals surface area contributed by atoms with Gasteiger partial charge in [0.05, 0.1) is 22.3 Å². The Labute approximate surface area is 228 Å². The highest BCUT2D eigenvalue weighted by molar-refractivity contribution is 7.13. The van der Waals surface area contributed by atoms with E-state index in [2.05, 4.69) is 34.2 Å². The van der Waals surface area contributed by atoms with Gasteiger partial charge in [0.25, 0.3) is 0 Å². The number of halogens is 1. The summed E-state index contributed by atoms with van der Waals surface area (Å²) in [6, 6.07) is 20.8. The van der Waals surface area contributed by atoms with Crippen LogP contribution >= 0.6 is 22.9 Å². The lowest BCUT2D eigenvalue weighted by Gasteiger charge is -2.26. The number of amides is 1. The van der Waals surface area contributed by atoms with E-state index in [1.54, 1.807) is 34.6 Å². The van der Waals surface area contributed by atoms with Gasteiger partial charge in [-0.3, -0.25) is 19.7 Å². The summed E-state index contributed by atoms with van der Waals surface area (Å²) in [5.41, 5.74) is 6.38. The van der Waals surface area contributed by atoms with Crippen LogP contribution in [-0.4, -0.2) is 25.9 Å². The largest absolute Gasteiger partial charge is 0.440 e. The molecule has 1 amide bonds. The highest BCUT2D eigenvalue weighted by Crippen LogP contribution is 2.35. The highest BCUT2D eigenvalue weighted by atomic mass is 35.5. The quantitative estimate of drug-likeness (QED) is 0.195. The van der Waals surface area contributed by atoms with Gasteiger partial charge in [-0.2, -0.15) is 0 Å². The first kappa shape index (κ1) is 24.1. The molecule has 0 N–H and O–H groups in total. The van der Waals surface area contributed by atoms with E-state index in [-0.39, 0.29) is 0 Å². The van der Waals surface area contributed by atoms with E-state index in [1.807, 2.05) is 59.9 Å². The van der Waals surface area contributed by atoms with E-state index in [9.17, 15) is 4.79 Å². The summed E-state index contributed by atoms with van der Waals surface area (Å²) >= 11 is 7.78. The third kappa shape index (κ3) is 4.60. The van der Waals surface area contributed by atoms with Crippen LogP contribution in [0.3, 0.4) is 0 Å². The molecular formula is C29H22ClN5O2S. The van der Waals surface area contributed by atoms with Crippen LogP contribution < -0.4 is 4.90 Å². The number of furan rings is 1. The van der Waals surface area contributed by atoms with Crippen molar-refractivity contribution in [3.63, 3.8) is 0 Å². The first-order chi connectivity index (χ1) is 18.6. The van der Waals surface area contributed by atoms with Gasteiger partial charge in [-0.05, 0) is 41.5 Å². The first-order valence-electron chi connectivity index (χ1n) is 11.9. The second kappa shape index (κ2) is 10.2. The zero-order chi connectivity index (χ0) is 26.1. The first-order valence-corrected chi connectivity index (χ1v) is 13.2. The molecule has 2 aromatic carbocycles. The number of aromatic nitrogens is 4. The van der Waals surface area contributed by atoms with E-state index in [4.69, 9.17) is 21.0 Å². The summed E-state index contributed by atoms with van der Waals surface area (Å²) in [5.74, 6) is 1.12. The number of imidazole rings is 1. The Balaban J connectivity index is 1.40. The van der Waals surface area contributed by atoms with Crippen LogP contribution in [0.15, 0.2) is 95.2 Å². The van der Waals surface area contributed by atoms with Crippen molar-refractivity contribution in [2.75, 3.05) is 4.90 Å². The van der Waals surface area contributed by atoms with Gasteiger partial charge in [-0.15, -0.1) is 11.3 Å². The molecule has 0 spiro atoms. The lowest BCUT2D eigenvalue weighted by Crippen LogP contribution is -2.31. The van der Waals surface area contributed by atoms with E-state index in [0.29, 0.717) is 28.7 Å². The molecule has 6 rings (SSSR count). The molecule has 7 nitrogen and oxygen atoms in total. The fraction of sp³-hybridized carbons (Fsp3) is 0.103. The number of nitrogens with zero attached hydrogens (tertiary/aromatic N) is 5. The van der Waals surface area contributed by atoms with Crippen LogP contribution in [0, 0.1) is 0 Å². The van der Waals surface area contributed by atoms with Gasteiger partial charge >= 0.3 is 0 Å². The van der Waals surface area contributed by atoms with Crippen molar-refractivity contribution in [1.82, 2.24) is 19.5 Å². The van der Waals surface area contributed by atoms with Crippen LogP contribution in [-0.2, 0) is 18.3 Å². The number of hydrogen-bond acceptors (Lipinski definition) is 6. The van der Waals surface area contributed by atoms with Gasteiger partial charge in [0.2, 0.25) is 12.3 Å². The Kier molecular flexibility index (Phi) is 6.49. The molecule has 4 aromatic heterocycles. The van der Waals surface area contributed by atoms with Crippen molar-refractivity contribution < 1.29 is 9.21 Å². The Bertz CT molecular complexity index is 1690. The number of thiazole rings is 1. The Morgan fingerprint density at radius 3 is 2.63 bits per heavy atom. The Morgan fingerprint density at radius 2 is 1.89 bits per heavy atom. The number of pyridine rings is 1. The van der Waals surface area contributed by atoms with Crippen molar-refractivity contribution in [3.8, 4) is 21.7 Å². The maximum atomic E-state index is 12.6. The molecule has 0 saturated heterocycles. The molecular weight excluding hydrogens is 518 g/mol. The lowest BCUT2D eigenvalue weighted by atomic mass is 10.1. The summed E-state index contributed by atoms with van der Waals surface area (Å²) in [6.45, 7) is 0. The third-order valence-electron chi connectivity index (χ3n) is 6.52. The molecule has 0 radical (unpaired) electrons. The summed E-state index contributed by atoms with van der Waals surface area (Å²) in [4.78, 5) is 28.7. The van der Waals surface area contributed by atoms with Gasteiger partial charge in [-0.1, -0.05) is 41.9 Å². The summed E-state index contributed by atoms with van der Waals surface area (Å²) in [7, 11) is 1.96. The number of carbonyl (C=O) groups excluding carboxylic acids is 1. The topological polar surface area (TPSA) is 77.1 Å². The van der Waals surface area contributed by atoms with E-state index in [1.165, 1.54) is 0 Å². The average molecular weight is 540 g/mol. The normalized spacial score (nSPS) is 12.1. The van der Waals surface area contributed by atoms with Crippen molar-refractivity contribution in [2.45, 2.75) is 12.5 Å². The minimum atomic E-state index is -0.464. The molecule has 0 bridgehead atoms. The fourth-order valence-corrected chi connectivity index (χ4v) is 5.41. The highest BCUT2D eigenvalue weighted by Gasteiger charge is 2.29. The average Bonchev–Trinajstić information content (AvgIpc) is 3.69. The van der Waals surface area contributed by atoms with Crippen molar-refractivity contribution in [3.05, 3.63) is 107 Å². The molecule has 0 unspecified atom stereocenters. The summed E-state index contributed by atoms with van der Waals surface area (Å²) in [6.07, 6.45) is 6.68. The van der Waals surface area contributed by atoms with Crippen LogP contribution in [0.2, 0.25) is 5.02 Å². The van der Waals surface area contributed by atoms with Crippen LogP contribution in [0.25, 0.3) is 32.7 Å². The maximum Gasteiger partial charge on any atom is 0.217 e. The molecule has 0 aliphatic carbocycles. The zero-order valence-corrected chi connectivity index (χ0v) is 21.9.